The van der Waals surface area contributed by atoms with Gasteiger partial charge < -0.3 is 10.2 Å². The third-order valence-electron chi connectivity index (χ3n) is 4.97. The minimum Gasteiger partial charge on any atom is -0.419 e. The first-order valence-corrected chi connectivity index (χ1v) is 11.8. The van der Waals surface area contributed by atoms with Crippen molar-refractivity contribution in [2.45, 2.75) is 43.5 Å². The van der Waals surface area contributed by atoms with Gasteiger partial charge >= 0.3 is 0 Å². The molecule has 144 valence electrons. The number of thioether (sulfide) groups is 1. The predicted molar refractivity (Wildman–Crippen MR) is 115 cm³/mol. The Morgan fingerprint density at radius 3 is 3.04 bits per heavy atom. The second-order valence-corrected chi connectivity index (χ2v) is 10.4. The van der Waals surface area contributed by atoms with Gasteiger partial charge in [0.2, 0.25) is 5.89 Å². The standard InChI is InChI=1S/C19H19N5OS3/c1-9-5-6-11-13(8-9)28-18-14(11)15(20)21-19(22-18)27-10(2)16-23-24-17(25-16)12-4-3-7-26-12/h3-4,7,9-10H,5-6,8H2,1-2H3,(H2,20,21,22)/t9-,10+/m1/s1. The highest BCUT2D eigenvalue weighted by Gasteiger charge is 2.24. The number of rotatable bonds is 4. The SMILES string of the molecule is C[C@@H]1CCc2c(sc3nc(S[C@@H](C)c4nnc(-c5cccs5)o4)nc(N)c23)C1. The molecule has 5 rings (SSSR count). The summed E-state index contributed by atoms with van der Waals surface area (Å²) in [6.07, 6.45) is 3.39. The van der Waals surface area contributed by atoms with E-state index >= 15 is 0 Å². The summed E-state index contributed by atoms with van der Waals surface area (Å²) in [5.74, 6) is 2.42. The Morgan fingerprint density at radius 2 is 2.21 bits per heavy atom. The van der Waals surface area contributed by atoms with Crippen molar-refractivity contribution in [3.05, 3.63) is 33.8 Å². The van der Waals surface area contributed by atoms with Crippen LogP contribution >= 0.6 is 34.4 Å². The van der Waals surface area contributed by atoms with Crippen LogP contribution in [0.2, 0.25) is 0 Å². The predicted octanol–water partition coefficient (Wildman–Crippen LogP) is 5.36. The average Bonchev–Trinajstić information content (AvgIpc) is 3.39. The van der Waals surface area contributed by atoms with Crippen molar-refractivity contribution in [2.24, 2.45) is 5.92 Å². The largest absolute Gasteiger partial charge is 0.419 e. The molecule has 4 heterocycles. The number of nitrogens with zero attached hydrogens (tertiary/aromatic N) is 4. The monoisotopic (exact) mass is 429 g/mol. The number of fused-ring (bicyclic) bond motifs is 3. The summed E-state index contributed by atoms with van der Waals surface area (Å²) in [5, 5.41) is 12.0. The number of nitrogens with two attached hydrogens (primary N) is 1. The maximum absolute atomic E-state index is 6.34. The molecule has 0 spiro atoms. The number of hydrogen-bond acceptors (Lipinski definition) is 9. The lowest BCUT2D eigenvalue weighted by Gasteiger charge is -2.17. The van der Waals surface area contributed by atoms with Crippen LogP contribution in [0.3, 0.4) is 0 Å². The second-order valence-electron chi connectivity index (χ2n) is 7.11. The number of aryl methyl sites for hydroxylation is 1. The number of nitrogen functional groups attached to an aromatic ring is 1. The Labute approximate surface area is 174 Å². The van der Waals surface area contributed by atoms with E-state index in [0.29, 0.717) is 22.8 Å². The van der Waals surface area contributed by atoms with E-state index in [-0.39, 0.29) is 5.25 Å². The van der Waals surface area contributed by atoms with Gasteiger partial charge in [-0.05, 0) is 49.1 Å². The van der Waals surface area contributed by atoms with Gasteiger partial charge in [0, 0.05) is 4.88 Å². The third-order valence-corrected chi connectivity index (χ3v) is 7.92. The normalized spacial score (nSPS) is 17.7. The van der Waals surface area contributed by atoms with Gasteiger partial charge in [0.05, 0.1) is 15.5 Å². The number of anilines is 1. The fourth-order valence-corrected chi connectivity index (χ4v) is 6.41. The molecule has 9 heteroatoms. The van der Waals surface area contributed by atoms with Gasteiger partial charge in [-0.25, -0.2) is 9.97 Å². The lowest BCUT2D eigenvalue weighted by Crippen LogP contribution is -2.09. The molecule has 4 aromatic heterocycles. The molecule has 4 aromatic rings. The molecule has 1 aliphatic carbocycles. The van der Waals surface area contributed by atoms with E-state index in [1.54, 1.807) is 22.7 Å². The Balaban J connectivity index is 1.42. The van der Waals surface area contributed by atoms with Gasteiger partial charge in [0.1, 0.15) is 10.6 Å². The highest BCUT2D eigenvalue weighted by atomic mass is 32.2. The molecule has 0 radical (unpaired) electrons. The molecule has 2 atom stereocenters. The van der Waals surface area contributed by atoms with E-state index in [9.17, 15) is 0 Å². The summed E-state index contributed by atoms with van der Waals surface area (Å²) < 4.78 is 5.84. The van der Waals surface area contributed by atoms with Crippen LogP contribution in [0.5, 0.6) is 0 Å². The van der Waals surface area contributed by atoms with Gasteiger partial charge in [0.25, 0.3) is 5.89 Å². The van der Waals surface area contributed by atoms with Gasteiger partial charge in [-0.15, -0.1) is 32.9 Å². The van der Waals surface area contributed by atoms with Crippen LogP contribution in [0.4, 0.5) is 5.82 Å². The van der Waals surface area contributed by atoms with E-state index < -0.39 is 0 Å². The van der Waals surface area contributed by atoms with E-state index in [1.807, 2.05) is 24.4 Å². The van der Waals surface area contributed by atoms with Crippen molar-refractivity contribution in [2.75, 3.05) is 5.73 Å². The summed E-state index contributed by atoms with van der Waals surface area (Å²) in [4.78, 5) is 12.7. The number of hydrogen-bond donors (Lipinski definition) is 1. The number of aromatic nitrogens is 4. The lowest BCUT2D eigenvalue weighted by molar-refractivity contribution is 0.509. The van der Waals surface area contributed by atoms with Gasteiger partial charge in [0.15, 0.2) is 5.16 Å². The first kappa shape index (κ1) is 18.1. The fraction of sp³-hybridized carbons (Fsp3) is 0.368. The molecule has 0 aromatic carbocycles. The summed E-state index contributed by atoms with van der Waals surface area (Å²) in [6, 6.07) is 3.94. The molecule has 0 unspecified atom stereocenters. The molecule has 0 aliphatic heterocycles. The van der Waals surface area contributed by atoms with Crippen molar-refractivity contribution in [3.8, 4) is 10.8 Å². The van der Waals surface area contributed by atoms with E-state index in [1.165, 1.54) is 28.6 Å². The quantitative estimate of drug-likeness (QED) is 0.345. The summed E-state index contributed by atoms with van der Waals surface area (Å²) in [7, 11) is 0. The summed E-state index contributed by atoms with van der Waals surface area (Å²) in [5.41, 5.74) is 7.69. The van der Waals surface area contributed by atoms with Crippen LogP contribution in [0.15, 0.2) is 27.1 Å². The first-order chi connectivity index (χ1) is 13.6. The molecular weight excluding hydrogens is 410 g/mol. The van der Waals surface area contributed by atoms with Gasteiger partial charge in [-0.1, -0.05) is 24.8 Å². The summed E-state index contributed by atoms with van der Waals surface area (Å²) in [6.45, 7) is 4.32. The zero-order valence-electron chi connectivity index (χ0n) is 15.5. The second kappa shape index (κ2) is 7.13. The smallest absolute Gasteiger partial charge is 0.257 e. The van der Waals surface area contributed by atoms with Gasteiger partial charge in [-0.2, -0.15) is 0 Å². The van der Waals surface area contributed by atoms with Crippen molar-refractivity contribution in [3.63, 3.8) is 0 Å². The highest BCUT2D eigenvalue weighted by molar-refractivity contribution is 7.99. The molecule has 1 aliphatic rings. The van der Waals surface area contributed by atoms with Crippen LogP contribution in [-0.4, -0.2) is 20.2 Å². The lowest BCUT2D eigenvalue weighted by atomic mass is 9.89. The van der Waals surface area contributed by atoms with Gasteiger partial charge in [-0.3, -0.25) is 0 Å². The van der Waals surface area contributed by atoms with Crippen LogP contribution in [0.25, 0.3) is 21.0 Å². The van der Waals surface area contributed by atoms with Crippen LogP contribution < -0.4 is 5.73 Å². The molecule has 0 saturated heterocycles. The molecule has 0 fully saturated rings. The maximum atomic E-state index is 6.34. The van der Waals surface area contributed by atoms with Crippen LogP contribution in [-0.2, 0) is 12.8 Å². The average molecular weight is 430 g/mol. The zero-order chi connectivity index (χ0) is 19.3. The minimum atomic E-state index is -0.0623. The van der Waals surface area contributed by atoms with Crippen molar-refractivity contribution >= 4 is 50.5 Å². The molecule has 28 heavy (non-hydrogen) atoms. The Bertz CT molecular complexity index is 1130. The minimum absolute atomic E-state index is 0.0623. The van der Waals surface area contributed by atoms with E-state index in [4.69, 9.17) is 15.1 Å². The first-order valence-electron chi connectivity index (χ1n) is 9.20. The van der Waals surface area contributed by atoms with Crippen LogP contribution in [0, 0.1) is 5.92 Å². The molecular formula is C19H19N5OS3. The topological polar surface area (TPSA) is 90.7 Å². The Morgan fingerprint density at radius 1 is 1.32 bits per heavy atom. The van der Waals surface area contributed by atoms with E-state index in [2.05, 4.69) is 22.1 Å². The molecule has 0 amide bonds. The molecule has 2 N–H and O–H groups in total. The van der Waals surface area contributed by atoms with Crippen molar-refractivity contribution in [1.29, 1.82) is 0 Å². The Kier molecular flexibility index (Phi) is 4.60. The maximum Gasteiger partial charge on any atom is 0.257 e. The zero-order valence-corrected chi connectivity index (χ0v) is 18.0. The Hall–Kier alpha value is -1.97. The molecule has 6 nitrogen and oxygen atoms in total. The van der Waals surface area contributed by atoms with E-state index in [0.717, 1.165) is 33.9 Å². The summed E-state index contributed by atoms with van der Waals surface area (Å²) >= 11 is 4.84. The van der Waals surface area contributed by atoms with Crippen molar-refractivity contribution in [1.82, 2.24) is 20.2 Å². The third kappa shape index (κ3) is 3.21. The molecule has 0 bridgehead atoms. The number of thiophene rings is 2. The van der Waals surface area contributed by atoms with Crippen LogP contribution in [0.1, 0.15) is 41.8 Å². The highest BCUT2D eigenvalue weighted by Crippen LogP contribution is 2.41. The molecule has 0 saturated carbocycles. The van der Waals surface area contributed by atoms with Crippen molar-refractivity contribution < 1.29 is 4.42 Å². The fourth-order valence-electron chi connectivity index (χ4n) is 3.51.